The van der Waals surface area contributed by atoms with Crippen molar-refractivity contribution in [3.05, 3.63) is 65.2 Å². The Morgan fingerprint density at radius 2 is 1.76 bits per heavy atom. The molecular formula is C15H15O2. The molecule has 0 aliphatic heterocycles. The lowest BCUT2D eigenvalue weighted by molar-refractivity contribution is 0.176. The maximum Gasteiger partial charge on any atom is 0.123 e. The Morgan fingerprint density at radius 1 is 1.00 bits per heavy atom. The van der Waals surface area contributed by atoms with Gasteiger partial charge in [-0.1, -0.05) is 42.5 Å². The van der Waals surface area contributed by atoms with Crippen molar-refractivity contribution in [2.24, 2.45) is 0 Å². The first-order valence-electron chi connectivity index (χ1n) is 5.64. The van der Waals surface area contributed by atoms with E-state index in [4.69, 9.17) is 4.74 Å². The first-order chi connectivity index (χ1) is 8.31. The van der Waals surface area contributed by atoms with Gasteiger partial charge in [-0.25, -0.2) is 5.11 Å². The average Bonchev–Trinajstić information content (AvgIpc) is 2.39. The van der Waals surface area contributed by atoms with Gasteiger partial charge < -0.3 is 4.74 Å². The molecule has 0 spiro atoms. The molecule has 0 N–H and O–H groups in total. The van der Waals surface area contributed by atoms with Crippen LogP contribution in [0.3, 0.4) is 0 Å². The molecule has 87 valence electrons. The first kappa shape index (κ1) is 11.7. The Balaban J connectivity index is 2.09. The highest BCUT2D eigenvalue weighted by Gasteiger charge is 2.04. The molecule has 0 heterocycles. The molecule has 0 aliphatic carbocycles. The third-order valence-corrected chi connectivity index (χ3v) is 2.79. The zero-order chi connectivity index (χ0) is 12.1. The lowest BCUT2D eigenvalue weighted by Gasteiger charge is -2.11. The van der Waals surface area contributed by atoms with Crippen molar-refractivity contribution in [3.63, 3.8) is 0 Å². The van der Waals surface area contributed by atoms with Crippen LogP contribution in [0.5, 0.6) is 5.75 Å². The molecule has 0 fully saturated rings. The maximum absolute atomic E-state index is 10.9. The lowest BCUT2D eigenvalue weighted by atomic mass is 10.1. The molecule has 0 unspecified atom stereocenters. The van der Waals surface area contributed by atoms with Gasteiger partial charge in [0.25, 0.3) is 0 Å². The summed E-state index contributed by atoms with van der Waals surface area (Å²) in [6.07, 6.45) is 0. The predicted molar refractivity (Wildman–Crippen MR) is 66.3 cm³/mol. The van der Waals surface area contributed by atoms with E-state index >= 15 is 0 Å². The second kappa shape index (κ2) is 5.51. The van der Waals surface area contributed by atoms with Crippen LogP contribution in [-0.2, 0) is 18.3 Å². The van der Waals surface area contributed by atoms with E-state index in [1.807, 2.05) is 55.5 Å². The summed E-state index contributed by atoms with van der Waals surface area (Å²) in [6.45, 7) is 2.26. The Kier molecular flexibility index (Phi) is 3.78. The number of ether oxygens (including phenoxy) is 1. The molecule has 1 radical (unpaired) electrons. The Bertz CT molecular complexity index is 478. The van der Waals surface area contributed by atoms with Crippen molar-refractivity contribution < 1.29 is 9.84 Å². The van der Waals surface area contributed by atoms with E-state index in [1.165, 1.54) is 0 Å². The SMILES string of the molecule is Cc1c(C[O])cccc1OCc1ccccc1. The fourth-order valence-electron chi connectivity index (χ4n) is 1.71. The molecule has 17 heavy (non-hydrogen) atoms. The van der Waals surface area contributed by atoms with E-state index in [2.05, 4.69) is 0 Å². The van der Waals surface area contributed by atoms with Crippen LogP contribution in [0.4, 0.5) is 0 Å². The molecule has 0 saturated heterocycles. The van der Waals surface area contributed by atoms with Gasteiger partial charge in [-0.05, 0) is 29.7 Å². The lowest BCUT2D eigenvalue weighted by Crippen LogP contribution is -1.98. The number of hydrogen-bond donors (Lipinski definition) is 0. The summed E-state index contributed by atoms with van der Waals surface area (Å²) in [4.78, 5) is 0. The van der Waals surface area contributed by atoms with Crippen LogP contribution in [-0.4, -0.2) is 0 Å². The summed E-state index contributed by atoms with van der Waals surface area (Å²) >= 11 is 0. The third kappa shape index (κ3) is 2.86. The minimum atomic E-state index is -0.200. The van der Waals surface area contributed by atoms with Crippen LogP contribution in [0, 0.1) is 6.92 Å². The summed E-state index contributed by atoms with van der Waals surface area (Å²) in [5, 5.41) is 10.9. The van der Waals surface area contributed by atoms with Crippen molar-refractivity contribution in [1.29, 1.82) is 0 Å². The molecule has 0 aliphatic rings. The highest BCUT2D eigenvalue weighted by atomic mass is 16.5. The fraction of sp³-hybridized carbons (Fsp3) is 0.200. The Labute approximate surface area is 101 Å². The molecule has 2 aromatic rings. The molecule has 0 bridgehead atoms. The summed E-state index contributed by atoms with van der Waals surface area (Å²) in [7, 11) is 0. The number of benzene rings is 2. The van der Waals surface area contributed by atoms with E-state index in [0.29, 0.717) is 6.61 Å². The number of rotatable bonds is 4. The third-order valence-electron chi connectivity index (χ3n) is 2.79. The van der Waals surface area contributed by atoms with Crippen molar-refractivity contribution in [2.75, 3.05) is 0 Å². The van der Waals surface area contributed by atoms with Gasteiger partial charge in [0, 0.05) is 0 Å². The van der Waals surface area contributed by atoms with E-state index in [0.717, 1.165) is 22.4 Å². The second-order valence-corrected chi connectivity index (χ2v) is 3.96. The van der Waals surface area contributed by atoms with Gasteiger partial charge in [-0.15, -0.1) is 0 Å². The van der Waals surface area contributed by atoms with Crippen LogP contribution < -0.4 is 4.74 Å². The summed E-state index contributed by atoms with van der Waals surface area (Å²) < 4.78 is 5.73. The molecule has 2 heteroatoms. The summed E-state index contributed by atoms with van der Waals surface area (Å²) in [5.74, 6) is 0.794. The van der Waals surface area contributed by atoms with Gasteiger partial charge >= 0.3 is 0 Å². The van der Waals surface area contributed by atoms with Crippen molar-refractivity contribution in [2.45, 2.75) is 20.1 Å². The maximum atomic E-state index is 10.9. The van der Waals surface area contributed by atoms with Crippen molar-refractivity contribution in [3.8, 4) is 5.75 Å². The van der Waals surface area contributed by atoms with E-state index in [-0.39, 0.29) is 6.61 Å². The molecule has 0 atom stereocenters. The largest absolute Gasteiger partial charge is 0.489 e. The second-order valence-electron chi connectivity index (χ2n) is 3.96. The minimum Gasteiger partial charge on any atom is -0.489 e. The zero-order valence-electron chi connectivity index (χ0n) is 9.85. The van der Waals surface area contributed by atoms with Gasteiger partial charge in [-0.3, -0.25) is 0 Å². The van der Waals surface area contributed by atoms with Crippen molar-refractivity contribution >= 4 is 0 Å². The zero-order valence-corrected chi connectivity index (χ0v) is 9.85. The van der Waals surface area contributed by atoms with Gasteiger partial charge in [0.1, 0.15) is 19.0 Å². The molecule has 2 rings (SSSR count). The quantitative estimate of drug-likeness (QED) is 0.785. The predicted octanol–water partition coefficient (Wildman–Crippen LogP) is 3.50. The monoisotopic (exact) mass is 227 g/mol. The normalized spacial score (nSPS) is 10.2. The van der Waals surface area contributed by atoms with Gasteiger partial charge in [0.15, 0.2) is 0 Å². The van der Waals surface area contributed by atoms with Crippen LogP contribution in [0.1, 0.15) is 16.7 Å². The summed E-state index contributed by atoms with van der Waals surface area (Å²) in [5.41, 5.74) is 2.87. The Hall–Kier alpha value is -1.80. The minimum absolute atomic E-state index is 0.200. The molecular weight excluding hydrogens is 212 g/mol. The van der Waals surface area contributed by atoms with Gasteiger partial charge in [0.2, 0.25) is 0 Å². The Morgan fingerprint density at radius 3 is 2.47 bits per heavy atom. The van der Waals surface area contributed by atoms with Crippen LogP contribution >= 0.6 is 0 Å². The van der Waals surface area contributed by atoms with Crippen LogP contribution in [0.15, 0.2) is 48.5 Å². The molecule has 2 aromatic carbocycles. The highest BCUT2D eigenvalue weighted by Crippen LogP contribution is 2.22. The topological polar surface area (TPSA) is 29.1 Å². The fourth-order valence-corrected chi connectivity index (χ4v) is 1.71. The average molecular weight is 227 g/mol. The van der Waals surface area contributed by atoms with Crippen LogP contribution in [0.25, 0.3) is 0 Å². The van der Waals surface area contributed by atoms with Gasteiger partial charge in [-0.2, -0.15) is 0 Å². The smallest absolute Gasteiger partial charge is 0.123 e. The highest BCUT2D eigenvalue weighted by molar-refractivity contribution is 5.38. The summed E-state index contributed by atoms with van der Waals surface area (Å²) in [6, 6.07) is 15.6. The first-order valence-corrected chi connectivity index (χ1v) is 5.64. The standard InChI is InChI=1S/C15H15O2/c1-12-14(10-16)8-5-9-15(12)17-11-13-6-3-2-4-7-13/h2-9H,10-11H2,1H3. The van der Waals surface area contributed by atoms with E-state index in [1.54, 1.807) is 0 Å². The molecule has 2 nitrogen and oxygen atoms in total. The molecule has 0 aromatic heterocycles. The molecule has 0 amide bonds. The van der Waals surface area contributed by atoms with E-state index in [9.17, 15) is 5.11 Å². The van der Waals surface area contributed by atoms with E-state index < -0.39 is 0 Å². The molecule has 0 saturated carbocycles. The van der Waals surface area contributed by atoms with Crippen LogP contribution in [0.2, 0.25) is 0 Å². The van der Waals surface area contributed by atoms with Crippen molar-refractivity contribution in [1.82, 2.24) is 0 Å². The van der Waals surface area contributed by atoms with Gasteiger partial charge in [0.05, 0.1) is 0 Å². The number of hydrogen-bond acceptors (Lipinski definition) is 1.